The topological polar surface area (TPSA) is 338 Å². The number of likely N-dealkylation sites (N-methyl/N-ethyl adjacent to an activating group) is 1. The van der Waals surface area contributed by atoms with Gasteiger partial charge in [-0.2, -0.15) is 0 Å². The second-order valence-electron chi connectivity index (χ2n) is 18.4. The van der Waals surface area contributed by atoms with Gasteiger partial charge in [0.25, 0.3) is 0 Å². The van der Waals surface area contributed by atoms with Crippen LogP contribution in [-0.4, -0.2) is 151 Å². The van der Waals surface area contributed by atoms with Gasteiger partial charge in [-0.05, 0) is 117 Å². The first kappa shape index (κ1) is 61.8. The molecule has 75 heavy (non-hydrogen) atoms. The quantitative estimate of drug-likeness (QED) is 0.0632. The number of carbonyl (C=O) groups excluding carboxylic acids is 1. The molecule has 10 N–H and O–H groups in total. The molecule has 5 aromatic heterocycles. The minimum atomic E-state index is -0.891. The lowest BCUT2D eigenvalue weighted by atomic mass is 9.96. The summed E-state index contributed by atoms with van der Waals surface area (Å²) in [7, 11) is 5.66. The van der Waals surface area contributed by atoms with Gasteiger partial charge in [0.1, 0.15) is 65.8 Å². The monoisotopic (exact) mass is 1050 g/mol. The predicted molar refractivity (Wildman–Crippen MR) is 281 cm³/mol. The molecule has 0 unspecified atom stereocenters. The maximum Gasteiger partial charge on any atom is 0.410 e. The molecule has 2 aliphatic carbocycles. The summed E-state index contributed by atoms with van der Waals surface area (Å²) < 4.78 is 58.9. The first-order valence-corrected chi connectivity index (χ1v) is 24.8. The van der Waals surface area contributed by atoms with E-state index in [1.807, 2.05) is 39.8 Å². The Bertz CT molecular complexity index is 2210. The number of carbonyl (C=O) groups is 1. The number of unbranched alkanes of at least 4 members (excludes halogenated alkanes) is 1. The number of nitrogen functional groups attached to an aromatic ring is 5. The average molecular weight is 1050 g/mol. The molecule has 0 bridgehead atoms. The summed E-state index contributed by atoms with van der Waals surface area (Å²) in [5.41, 5.74) is 26.4. The fourth-order valence-corrected chi connectivity index (χ4v) is 6.25. The summed E-state index contributed by atoms with van der Waals surface area (Å²) in [6.07, 6.45) is 6.47. The number of hydrogen-bond acceptors (Lipinski definition) is 23. The highest BCUT2D eigenvalue weighted by Gasteiger charge is 2.28. The molecule has 2 fully saturated rings. The maximum absolute atomic E-state index is 13.4. The molecule has 0 aliphatic heterocycles. The molecule has 0 saturated heterocycles. The lowest BCUT2D eigenvalue weighted by molar-refractivity contribution is 0.0291. The van der Waals surface area contributed by atoms with E-state index in [2.05, 4.69) is 57.9 Å². The summed E-state index contributed by atoms with van der Waals surface area (Å²) in [6.45, 7) is 10.7. The van der Waals surface area contributed by atoms with Crippen molar-refractivity contribution in [3.8, 4) is 29.4 Å². The van der Waals surface area contributed by atoms with E-state index in [0.29, 0.717) is 104 Å². The van der Waals surface area contributed by atoms with Gasteiger partial charge in [-0.1, -0.05) is 26.2 Å². The number of ether oxygens (including phenoxy) is 6. The van der Waals surface area contributed by atoms with E-state index in [1.165, 1.54) is 4.90 Å². The van der Waals surface area contributed by atoms with Crippen molar-refractivity contribution >= 4 is 35.2 Å². The average Bonchev–Trinajstić information content (AvgIpc) is 3.37. The van der Waals surface area contributed by atoms with Crippen LogP contribution in [0, 0.1) is 0 Å². The van der Waals surface area contributed by atoms with Crippen LogP contribution >= 0.6 is 0 Å². The number of aromatic nitrogens is 10. The highest BCUT2D eigenvalue weighted by atomic mass is 19.1. The molecular weight excluding hydrogens is 977 g/mol. The van der Waals surface area contributed by atoms with E-state index >= 15 is 0 Å². The Balaban J connectivity index is 0.000000250. The summed E-state index contributed by atoms with van der Waals surface area (Å²) >= 11 is 0. The van der Waals surface area contributed by atoms with E-state index in [-0.39, 0.29) is 18.3 Å². The second kappa shape index (κ2) is 34.1. The van der Waals surface area contributed by atoms with Gasteiger partial charge in [0.15, 0.2) is 0 Å². The Morgan fingerprint density at radius 3 is 1.19 bits per heavy atom. The molecular formula is C49H77F2N17O7. The number of halogens is 2. The first-order chi connectivity index (χ1) is 35.8. The zero-order valence-electron chi connectivity index (χ0n) is 44.3. The number of alkyl halides is 2. The SMILES string of the molecule is CCCCOc1ccc(N)nn1.CN(C)CCOc1ccc(N)nn1.CN(CCCOc1ccc(N)nn1)C(=O)OC(C)(C)C.Nc1ccc(O[C@@H]2CCCC[C@@H]2F)nn1.Nc1ccc(O[C@H]2CCCC[C@@H]2F)nn1. The largest absolute Gasteiger partial charge is 0.477 e. The minimum Gasteiger partial charge on any atom is -0.477 e. The Labute approximate surface area is 438 Å². The minimum absolute atomic E-state index is 0.336. The van der Waals surface area contributed by atoms with Crippen LogP contribution < -0.4 is 52.4 Å². The standard InChI is InChI=1S/C13H22N4O3.2C10H14FN3O.C8H14N4O.C8H13N3O/c1-13(2,3)20-12(18)17(4)8-5-9-19-11-7-6-10(14)15-16-11;2*11-7-3-1-2-4-8(7)15-10-6-5-9(12)13-14-10;1-12(2)5-6-13-8-4-3-7(9)10-11-8;1-2-3-6-12-8-5-4-7(9)10-11-8/h6-7H,5,8-9H2,1-4H3,(H2,14,15);2*5-8H,1-4H2,(H2,12,13);3-4H,5-6H2,1-2H3,(H2,9,10);4-5H,2-3,6H2,1H3,(H2,9,10)/t;7-,8+;7-,8-;;/m.00../s1. The van der Waals surface area contributed by atoms with E-state index in [0.717, 1.165) is 57.9 Å². The Morgan fingerprint density at radius 1 is 0.520 bits per heavy atom. The number of hydrogen-bond donors (Lipinski definition) is 5. The smallest absolute Gasteiger partial charge is 0.410 e. The summed E-state index contributed by atoms with van der Waals surface area (Å²) in [5, 5.41) is 37.1. The van der Waals surface area contributed by atoms with Crippen LogP contribution in [0.1, 0.15) is 98.3 Å². The van der Waals surface area contributed by atoms with Gasteiger partial charge in [0, 0.05) is 50.5 Å². The van der Waals surface area contributed by atoms with Gasteiger partial charge in [0.2, 0.25) is 29.4 Å². The Morgan fingerprint density at radius 2 is 0.867 bits per heavy atom. The van der Waals surface area contributed by atoms with Crippen LogP contribution in [0.2, 0.25) is 0 Å². The summed E-state index contributed by atoms with van der Waals surface area (Å²) in [5.74, 6) is 4.00. The second-order valence-corrected chi connectivity index (χ2v) is 18.4. The Kier molecular flexibility index (Phi) is 28.1. The maximum atomic E-state index is 13.4. The summed E-state index contributed by atoms with van der Waals surface area (Å²) in [4.78, 5) is 15.2. The highest BCUT2D eigenvalue weighted by Crippen LogP contribution is 2.26. The first-order valence-electron chi connectivity index (χ1n) is 24.8. The third-order valence-electron chi connectivity index (χ3n) is 10.2. The lowest BCUT2D eigenvalue weighted by Crippen LogP contribution is -2.35. The molecule has 1 amide bonds. The van der Waals surface area contributed by atoms with Crippen molar-refractivity contribution in [1.29, 1.82) is 0 Å². The van der Waals surface area contributed by atoms with Crippen LogP contribution in [0.4, 0.5) is 42.7 Å². The van der Waals surface area contributed by atoms with E-state index in [1.54, 1.807) is 67.7 Å². The number of amides is 1. The lowest BCUT2D eigenvalue weighted by Gasteiger charge is -2.25. The Hall–Kier alpha value is -7.51. The molecule has 4 atom stereocenters. The van der Waals surface area contributed by atoms with Crippen molar-refractivity contribution < 1.29 is 42.0 Å². The van der Waals surface area contributed by atoms with Crippen molar-refractivity contribution in [1.82, 2.24) is 60.8 Å². The predicted octanol–water partition coefficient (Wildman–Crippen LogP) is 6.37. The van der Waals surface area contributed by atoms with Crippen LogP contribution in [0.15, 0.2) is 60.7 Å². The van der Waals surface area contributed by atoms with Crippen LogP contribution in [0.5, 0.6) is 29.4 Å². The number of nitrogens with two attached hydrogens (primary N) is 5. The number of rotatable bonds is 17. The van der Waals surface area contributed by atoms with Gasteiger partial charge >= 0.3 is 6.09 Å². The third-order valence-corrected chi connectivity index (χ3v) is 10.2. The molecule has 26 heteroatoms. The van der Waals surface area contributed by atoms with Crippen LogP contribution in [0.25, 0.3) is 0 Å². The van der Waals surface area contributed by atoms with Gasteiger partial charge < -0.3 is 66.9 Å². The zero-order valence-corrected chi connectivity index (χ0v) is 44.3. The van der Waals surface area contributed by atoms with Gasteiger partial charge in [-0.15, -0.1) is 51.0 Å². The van der Waals surface area contributed by atoms with Gasteiger partial charge in [-0.3, -0.25) is 0 Å². The zero-order chi connectivity index (χ0) is 55.0. The molecule has 2 saturated carbocycles. The van der Waals surface area contributed by atoms with Crippen LogP contribution in [0.3, 0.4) is 0 Å². The molecule has 0 aromatic carbocycles. The van der Waals surface area contributed by atoms with Crippen molar-refractivity contribution in [3.63, 3.8) is 0 Å². The molecule has 414 valence electrons. The molecule has 0 spiro atoms. The highest BCUT2D eigenvalue weighted by molar-refractivity contribution is 5.67. The van der Waals surface area contributed by atoms with E-state index in [9.17, 15) is 13.6 Å². The van der Waals surface area contributed by atoms with Crippen molar-refractivity contribution in [2.24, 2.45) is 0 Å². The fourth-order valence-electron chi connectivity index (χ4n) is 6.25. The van der Waals surface area contributed by atoms with Gasteiger partial charge in [-0.25, -0.2) is 13.6 Å². The fraction of sp³-hybridized carbons (Fsp3) is 0.571. The molecule has 0 radical (unpaired) electrons. The molecule has 5 aromatic rings. The van der Waals surface area contributed by atoms with Crippen molar-refractivity contribution in [2.75, 3.05) is 82.7 Å². The number of anilines is 5. The molecule has 24 nitrogen and oxygen atoms in total. The van der Waals surface area contributed by atoms with E-state index < -0.39 is 17.9 Å². The van der Waals surface area contributed by atoms with E-state index in [4.69, 9.17) is 57.1 Å². The molecule has 2 aliphatic rings. The normalized spacial score (nSPS) is 16.8. The summed E-state index contributed by atoms with van der Waals surface area (Å²) in [6, 6.07) is 16.5. The van der Waals surface area contributed by atoms with Crippen LogP contribution in [-0.2, 0) is 4.74 Å². The van der Waals surface area contributed by atoms with Crippen molar-refractivity contribution in [2.45, 2.75) is 128 Å². The third kappa shape index (κ3) is 27.9. The number of nitrogens with zero attached hydrogens (tertiary/aromatic N) is 12. The molecule has 5 heterocycles. The van der Waals surface area contributed by atoms with Crippen molar-refractivity contribution in [3.05, 3.63) is 60.7 Å². The molecule has 7 rings (SSSR count). The van der Waals surface area contributed by atoms with Gasteiger partial charge in [0.05, 0.1) is 13.2 Å².